The molecule has 2 N–H and O–H groups in total. The van der Waals surface area contributed by atoms with Crippen LogP contribution in [0.25, 0.3) is 0 Å². The lowest BCUT2D eigenvalue weighted by molar-refractivity contribution is 0.282. The number of aryl methyl sites for hydroxylation is 1. The van der Waals surface area contributed by atoms with Gasteiger partial charge in [-0.25, -0.2) is 0 Å². The van der Waals surface area contributed by atoms with Gasteiger partial charge < -0.3 is 10.6 Å². The highest BCUT2D eigenvalue weighted by Crippen LogP contribution is 2.25. The van der Waals surface area contributed by atoms with E-state index in [0.717, 1.165) is 38.1 Å². The Balaban J connectivity index is 1.69. The van der Waals surface area contributed by atoms with Crippen LogP contribution in [0.5, 0.6) is 0 Å². The van der Waals surface area contributed by atoms with Crippen molar-refractivity contribution in [2.75, 3.05) is 26.7 Å². The molecule has 0 aliphatic heterocycles. The number of thiophene rings is 1. The Morgan fingerprint density at radius 1 is 1.45 bits per heavy atom. The molecule has 1 aliphatic rings. The maximum Gasteiger partial charge on any atom is 0.191 e. The molecule has 0 amide bonds. The molecule has 22 heavy (non-hydrogen) atoms. The van der Waals surface area contributed by atoms with Gasteiger partial charge in [0.2, 0.25) is 0 Å². The van der Waals surface area contributed by atoms with Crippen LogP contribution in [-0.4, -0.2) is 49.6 Å². The Kier molecular flexibility index (Phi) is 6.70. The van der Waals surface area contributed by atoms with E-state index in [1.165, 1.54) is 22.6 Å². The number of likely N-dealkylation sites (N-methyl/N-ethyl adjacent to an activating group) is 1. The van der Waals surface area contributed by atoms with Gasteiger partial charge in [0.05, 0.1) is 0 Å². The van der Waals surface area contributed by atoms with Gasteiger partial charge in [-0.2, -0.15) is 0 Å². The number of nitrogens with one attached hydrogen (secondary N) is 2. The van der Waals surface area contributed by atoms with Crippen LogP contribution in [-0.2, 0) is 6.42 Å². The molecule has 4 nitrogen and oxygen atoms in total. The monoisotopic (exact) mass is 322 g/mol. The molecule has 2 rings (SSSR count). The first kappa shape index (κ1) is 17.3. The van der Waals surface area contributed by atoms with Crippen molar-refractivity contribution in [3.8, 4) is 0 Å². The van der Waals surface area contributed by atoms with Crippen molar-refractivity contribution in [2.45, 2.75) is 52.1 Å². The van der Waals surface area contributed by atoms with Crippen LogP contribution >= 0.6 is 11.3 Å². The smallest absolute Gasteiger partial charge is 0.191 e. The lowest BCUT2D eigenvalue weighted by Gasteiger charge is -2.22. The first-order valence-corrected chi connectivity index (χ1v) is 9.20. The van der Waals surface area contributed by atoms with Crippen molar-refractivity contribution in [1.29, 1.82) is 0 Å². The molecule has 5 heteroatoms. The topological polar surface area (TPSA) is 39.7 Å². The van der Waals surface area contributed by atoms with E-state index in [1.54, 1.807) is 0 Å². The third-order valence-electron chi connectivity index (χ3n) is 4.07. The van der Waals surface area contributed by atoms with Crippen LogP contribution in [0.3, 0.4) is 0 Å². The van der Waals surface area contributed by atoms with E-state index in [0.29, 0.717) is 6.04 Å². The zero-order chi connectivity index (χ0) is 15.9. The number of hydrogen-bond donors (Lipinski definition) is 2. The fourth-order valence-electron chi connectivity index (χ4n) is 2.73. The second-order valence-electron chi connectivity index (χ2n) is 6.12. The molecule has 124 valence electrons. The number of nitrogens with zero attached hydrogens (tertiary/aromatic N) is 2. The molecule has 1 aromatic heterocycles. The molecule has 1 aliphatic carbocycles. The molecule has 1 atom stereocenters. The van der Waals surface area contributed by atoms with E-state index < -0.39 is 0 Å². The summed E-state index contributed by atoms with van der Waals surface area (Å²) in [5.41, 5.74) is 0. The molecule has 1 aromatic rings. The summed E-state index contributed by atoms with van der Waals surface area (Å²) in [6.45, 7) is 9.81. The highest BCUT2D eigenvalue weighted by atomic mass is 32.1. The predicted molar refractivity (Wildman–Crippen MR) is 97.0 cm³/mol. The maximum atomic E-state index is 4.34. The molecule has 0 aromatic carbocycles. The van der Waals surface area contributed by atoms with E-state index >= 15 is 0 Å². The van der Waals surface area contributed by atoms with E-state index in [-0.39, 0.29) is 0 Å². The summed E-state index contributed by atoms with van der Waals surface area (Å²) in [5.74, 6) is 0.910. The van der Waals surface area contributed by atoms with Gasteiger partial charge in [0.25, 0.3) is 0 Å². The van der Waals surface area contributed by atoms with E-state index in [4.69, 9.17) is 0 Å². The number of aliphatic imine (C=N–C) groups is 1. The van der Waals surface area contributed by atoms with Gasteiger partial charge in [0.15, 0.2) is 5.96 Å². The minimum atomic E-state index is 0.384. The SMILES string of the molecule is CCN(CCNC(=NC)NC(C)Cc1ccc(C)s1)C1CC1. The highest BCUT2D eigenvalue weighted by Gasteiger charge is 2.27. The van der Waals surface area contributed by atoms with Crippen LogP contribution in [0.2, 0.25) is 0 Å². The third kappa shape index (κ3) is 5.61. The normalized spacial score (nSPS) is 16.9. The quantitative estimate of drug-likeness (QED) is 0.571. The van der Waals surface area contributed by atoms with Crippen LogP contribution < -0.4 is 10.6 Å². The molecule has 1 fully saturated rings. The maximum absolute atomic E-state index is 4.34. The van der Waals surface area contributed by atoms with Crippen LogP contribution in [0, 0.1) is 6.92 Å². The largest absolute Gasteiger partial charge is 0.355 e. The van der Waals surface area contributed by atoms with E-state index in [1.807, 2.05) is 18.4 Å². The Bertz CT molecular complexity index is 479. The summed E-state index contributed by atoms with van der Waals surface area (Å²) < 4.78 is 0. The summed E-state index contributed by atoms with van der Waals surface area (Å²) >= 11 is 1.88. The van der Waals surface area contributed by atoms with Crippen LogP contribution in [0.15, 0.2) is 17.1 Å². The molecule has 0 bridgehead atoms. The second-order valence-corrected chi connectivity index (χ2v) is 7.49. The fourth-order valence-corrected chi connectivity index (χ4v) is 3.75. The first-order valence-electron chi connectivity index (χ1n) is 8.39. The summed E-state index contributed by atoms with van der Waals surface area (Å²) in [5, 5.41) is 6.93. The van der Waals surface area contributed by atoms with Gasteiger partial charge in [-0.3, -0.25) is 9.89 Å². The predicted octanol–water partition coefficient (Wildman–Crippen LogP) is 2.64. The van der Waals surface area contributed by atoms with Crippen molar-refractivity contribution < 1.29 is 0 Å². The molecule has 0 spiro atoms. The summed E-state index contributed by atoms with van der Waals surface area (Å²) in [6, 6.07) is 5.64. The zero-order valence-corrected chi connectivity index (χ0v) is 15.2. The van der Waals surface area contributed by atoms with Crippen molar-refractivity contribution in [3.05, 3.63) is 21.9 Å². The van der Waals surface area contributed by atoms with Gasteiger partial charge in [0.1, 0.15) is 0 Å². The minimum absolute atomic E-state index is 0.384. The first-order chi connectivity index (χ1) is 10.6. The zero-order valence-electron chi connectivity index (χ0n) is 14.4. The average Bonchev–Trinajstić information content (AvgIpc) is 3.25. The molecule has 0 saturated heterocycles. The van der Waals surface area contributed by atoms with Crippen molar-refractivity contribution in [2.24, 2.45) is 4.99 Å². The molecule has 0 radical (unpaired) electrons. The van der Waals surface area contributed by atoms with E-state index in [9.17, 15) is 0 Å². The van der Waals surface area contributed by atoms with Gasteiger partial charge in [-0.15, -0.1) is 11.3 Å². The van der Waals surface area contributed by atoms with Crippen molar-refractivity contribution >= 4 is 17.3 Å². The second kappa shape index (κ2) is 8.53. The summed E-state index contributed by atoms with van der Waals surface area (Å²) in [7, 11) is 1.84. The van der Waals surface area contributed by atoms with Crippen LogP contribution in [0.1, 0.15) is 36.4 Å². The van der Waals surface area contributed by atoms with Crippen molar-refractivity contribution in [3.63, 3.8) is 0 Å². The Morgan fingerprint density at radius 2 is 2.23 bits per heavy atom. The number of guanidine groups is 1. The molecule has 1 saturated carbocycles. The van der Waals surface area contributed by atoms with Gasteiger partial charge >= 0.3 is 0 Å². The number of hydrogen-bond acceptors (Lipinski definition) is 3. The summed E-state index contributed by atoms with van der Waals surface area (Å²) in [6.07, 6.45) is 3.79. The lowest BCUT2D eigenvalue weighted by atomic mass is 10.2. The lowest BCUT2D eigenvalue weighted by Crippen LogP contribution is -2.45. The minimum Gasteiger partial charge on any atom is -0.355 e. The van der Waals surface area contributed by atoms with Crippen molar-refractivity contribution in [1.82, 2.24) is 15.5 Å². The average molecular weight is 323 g/mol. The van der Waals surface area contributed by atoms with Crippen LogP contribution in [0.4, 0.5) is 0 Å². The number of rotatable bonds is 8. The van der Waals surface area contributed by atoms with Gasteiger partial charge in [-0.1, -0.05) is 6.92 Å². The molecule has 1 unspecified atom stereocenters. The Labute approximate surface area is 139 Å². The molecular formula is C17H30N4S. The third-order valence-corrected chi connectivity index (χ3v) is 5.09. The molecular weight excluding hydrogens is 292 g/mol. The standard InChI is InChI=1S/C17H30N4S/c1-5-21(15-7-8-15)11-10-19-17(18-4)20-13(2)12-16-9-6-14(3)22-16/h6,9,13,15H,5,7-8,10-12H2,1-4H3,(H2,18,19,20). The van der Waals surface area contributed by atoms with Gasteiger partial charge in [0, 0.05) is 48.4 Å². The van der Waals surface area contributed by atoms with E-state index in [2.05, 4.69) is 53.4 Å². The van der Waals surface area contributed by atoms with Gasteiger partial charge in [-0.05, 0) is 45.4 Å². The summed E-state index contributed by atoms with van der Waals surface area (Å²) in [4.78, 5) is 9.70. The Hall–Kier alpha value is -1.07. The Morgan fingerprint density at radius 3 is 2.77 bits per heavy atom. The highest BCUT2D eigenvalue weighted by molar-refractivity contribution is 7.11. The fraction of sp³-hybridized carbons (Fsp3) is 0.706. The molecule has 1 heterocycles.